The lowest BCUT2D eigenvalue weighted by Crippen LogP contribution is -2.31. The van der Waals surface area contributed by atoms with E-state index in [0.29, 0.717) is 36.7 Å². The summed E-state index contributed by atoms with van der Waals surface area (Å²) in [5, 5.41) is 4.02. The summed E-state index contributed by atoms with van der Waals surface area (Å²) in [6, 6.07) is 26.2. The Morgan fingerprint density at radius 1 is 0.861 bits per heavy atom. The van der Waals surface area contributed by atoms with Crippen molar-refractivity contribution in [2.24, 2.45) is 0 Å². The molecule has 1 heterocycles. The Balaban J connectivity index is 1.53. The first-order chi connectivity index (χ1) is 17.4. The topological polar surface area (TPSA) is 66.5 Å². The zero-order valence-electron chi connectivity index (χ0n) is 18.9. The van der Waals surface area contributed by atoms with Gasteiger partial charge in [-0.1, -0.05) is 65.7 Å². The van der Waals surface area contributed by atoms with Crippen molar-refractivity contribution < 1.29 is 13.8 Å². The normalized spacial score (nSPS) is 14.6. The van der Waals surface area contributed by atoms with Crippen LogP contribution in [0, 0.1) is 0 Å². The fourth-order valence-electron chi connectivity index (χ4n) is 4.05. The van der Waals surface area contributed by atoms with Crippen molar-refractivity contribution in [1.82, 2.24) is 5.32 Å². The summed E-state index contributed by atoms with van der Waals surface area (Å²) in [5.74, 6) is -0.620. The summed E-state index contributed by atoms with van der Waals surface area (Å²) < 4.78 is 13.5. The number of hydrogen-bond donors (Lipinski definition) is 1. The molecule has 2 amide bonds. The minimum Gasteiger partial charge on any atom is -0.348 e. The molecule has 0 radical (unpaired) electrons. The maximum atomic E-state index is 13.7. The molecule has 0 saturated heterocycles. The van der Waals surface area contributed by atoms with Gasteiger partial charge in [-0.05, 0) is 59.7 Å². The lowest BCUT2D eigenvalue weighted by Gasteiger charge is -2.23. The Hall–Kier alpha value is -3.45. The van der Waals surface area contributed by atoms with Gasteiger partial charge in [0.2, 0.25) is 0 Å². The second-order valence-electron chi connectivity index (χ2n) is 8.24. The predicted molar refractivity (Wildman–Crippen MR) is 142 cm³/mol. The van der Waals surface area contributed by atoms with Crippen molar-refractivity contribution in [2.45, 2.75) is 22.9 Å². The molecule has 1 aliphatic heterocycles. The molecule has 5 nitrogen and oxygen atoms in total. The van der Waals surface area contributed by atoms with E-state index in [-0.39, 0.29) is 24.9 Å². The number of benzene rings is 4. The van der Waals surface area contributed by atoms with Gasteiger partial charge in [0.05, 0.1) is 38.4 Å². The van der Waals surface area contributed by atoms with Crippen LogP contribution in [0.5, 0.6) is 0 Å². The zero-order chi connectivity index (χ0) is 25.2. The summed E-state index contributed by atoms with van der Waals surface area (Å²) in [4.78, 5) is 29.2. The quantitative estimate of drug-likeness (QED) is 0.329. The van der Waals surface area contributed by atoms with E-state index in [1.165, 1.54) is 0 Å². The molecule has 1 unspecified atom stereocenters. The van der Waals surface area contributed by atoms with E-state index in [9.17, 15) is 13.8 Å². The van der Waals surface area contributed by atoms with E-state index in [0.717, 1.165) is 11.1 Å². The fraction of sp³-hybridized carbons (Fsp3) is 0.0714. The molecule has 0 aromatic heterocycles. The molecular formula is C28H20Cl2N2O3S. The van der Waals surface area contributed by atoms with Gasteiger partial charge in [-0.2, -0.15) is 0 Å². The third kappa shape index (κ3) is 4.80. The molecule has 1 atom stereocenters. The van der Waals surface area contributed by atoms with Gasteiger partial charge in [0, 0.05) is 22.2 Å². The highest BCUT2D eigenvalue weighted by Gasteiger charge is 2.31. The molecule has 0 fully saturated rings. The minimum atomic E-state index is -1.60. The van der Waals surface area contributed by atoms with Crippen LogP contribution in [0.2, 0.25) is 10.0 Å². The summed E-state index contributed by atoms with van der Waals surface area (Å²) in [7, 11) is -1.60. The smallest absolute Gasteiger partial charge is 0.259 e. The highest BCUT2D eigenvalue weighted by atomic mass is 35.5. The molecule has 36 heavy (non-hydrogen) atoms. The van der Waals surface area contributed by atoms with E-state index >= 15 is 0 Å². The standard InChI is InChI=1S/C28H20Cl2N2O3S/c29-21-12-9-18(10-13-21)17-32-24-15-19(27(33)31-16-20-5-1-3-7-23(20)30)11-14-26(24)36(35)25-8-4-2-6-22(25)28(32)34/h1-15H,16-17H2,(H,31,33). The van der Waals surface area contributed by atoms with Gasteiger partial charge < -0.3 is 10.2 Å². The van der Waals surface area contributed by atoms with Crippen molar-refractivity contribution >= 4 is 51.5 Å². The Labute approximate surface area is 221 Å². The van der Waals surface area contributed by atoms with E-state index in [4.69, 9.17) is 23.2 Å². The van der Waals surface area contributed by atoms with Gasteiger partial charge in [-0.15, -0.1) is 0 Å². The first-order valence-electron chi connectivity index (χ1n) is 11.1. The Morgan fingerprint density at radius 2 is 1.58 bits per heavy atom. The number of rotatable bonds is 5. The van der Waals surface area contributed by atoms with Crippen LogP contribution < -0.4 is 10.2 Å². The molecule has 4 aromatic carbocycles. The van der Waals surface area contributed by atoms with Crippen molar-refractivity contribution in [3.8, 4) is 0 Å². The number of carbonyl (C=O) groups excluding carboxylic acids is 2. The van der Waals surface area contributed by atoms with Gasteiger partial charge in [0.25, 0.3) is 11.8 Å². The summed E-state index contributed by atoms with van der Waals surface area (Å²) in [6.07, 6.45) is 0. The first-order valence-corrected chi connectivity index (χ1v) is 13.1. The van der Waals surface area contributed by atoms with Crippen LogP contribution in [-0.2, 0) is 23.9 Å². The fourth-order valence-corrected chi connectivity index (χ4v) is 5.73. The largest absolute Gasteiger partial charge is 0.348 e. The first kappa shape index (κ1) is 24.3. The molecule has 8 heteroatoms. The highest BCUT2D eigenvalue weighted by molar-refractivity contribution is 7.85. The average Bonchev–Trinajstić information content (AvgIpc) is 2.98. The van der Waals surface area contributed by atoms with Crippen molar-refractivity contribution in [2.75, 3.05) is 4.90 Å². The molecule has 4 aromatic rings. The van der Waals surface area contributed by atoms with E-state index in [1.807, 2.05) is 30.3 Å². The number of amides is 2. The third-order valence-corrected chi connectivity index (χ3v) is 8.05. The monoisotopic (exact) mass is 534 g/mol. The summed E-state index contributed by atoms with van der Waals surface area (Å²) >= 11 is 12.3. The van der Waals surface area contributed by atoms with Gasteiger partial charge in [-0.3, -0.25) is 9.59 Å². The zero-order valence-corrected chi connectivity index (χ0v) is 21.2. The number of nitrogens with zero attached hydrogens (tertiary/aromatic N) is 1. The summed E-state index contributed by atoms with van der Waals surface area (Å²) in [5.41, 5.74) is 2.77. The van der Waals surface area contributed by atoms with E-state index in [2.05, 4.69) is 5.32 Å². The lowest BCUT2D eigenvalue weighted by molar-refractivity contribution is 0.0947. The van der Waals surface area contributed by atoms with Crippen LogP contribution in [0.1, 0.15) is 31.8 Å². The summed E-state index contributed by atoms with van der Waals surface area (Å²) in [6.45, 7) is 0.472. The van der Waals surface area contributed by atoms with Gasteiger partial charge in [0.1, 0.15) is 0 Å². The number of hydrogen-bond acceptors (Lipinski definition) is 3. The maximum Gasteiger partial charge on any atom is 0.259 e. The maximum absolute atomic E-state index is 13.7. The van der Waals surface area contributed by atoms with Gasteiger partial charge >= 0.3 is 0 Å². The number of anilines is 1. The van der Waals surface area contributed by atoms with Gasteiger partial charge in [0.15, 0.2) is 0 Å². The number of carbonyl (C=O) groups is 2. The number of fused-ring (bicyclic) bond motifs is 2. The van der Waals surface area contributed by atoms with Crippen LogP contribution in [0.15, 0.2) is 101 Å². The van der Waals surface area contributed by atoms with Crippen molar-refractivity contribution in [1.29, 1.82) is 0 Å². The highest BCUT2D eigenvalue weighted by Crippen LogP contribution is 2.36. The molecule has 0 aliphatic carbocycles. The number of halogens is 2. The van der Waals surface area contributed by atoms with Crippen molar-refractivity contribution in [3.63, 3.8) is 0 Å². The third-order valence-electron chi connectivity index (χ3n) is 5.93. The Kier molecular flexibility index (Phi) is 6.92. The molecule has 1 aliphatic rings. The van der Waals surface area contributed by atoms with E-state index < -0.39 is 10.8 Å². The van der Waals surface area contributed by atoms with Crippen LogP contribution in [0.3, 0.4) is 0 Å². The van der Waals surface area contributed by atoms with Gasteiger partial charge in [-0.25, -0.2) is 4.21 Å². The van der Waals surface area contributed by atoms with Crippen LogP contribution in [0.4, 0.5) is 5.69 Å². The molecule has 1 N–H and O–H groups in total. The molecule has 0 spiro atoms. The number of nitrogens with one attached hydrogen (secondary N) is 1. The molecule has 5 rings (SSSR count). The Bertz CT molecular complexity index is 1510. The molecule has 0 saturated carbocycles. The second kappa shape index (κ2) is 10.3. The van der Waals surface area contributed by atoms with Crippen LogP contribution >= 0.6 is 23.2 Å². The molecule has 0 bridgehead atoms. The second-order valence-corrected chi connectivity index (χ2v) is 10.5. The molecule has 180 valence electrons. The molecular weight excluding hydrogens is 515 g/mol. The average molecular weight is 535 g/mol. The minimum absolute atomic E-state index is 0.221. The lowest BCUT2D eigenvalue weighted by atomic mass is 10.1. The Morgan fingerprint density at radius 3 is 2.36 bits per heavy atom. The SMILES string of the molecule is O=C(NCc1ccccc1Cl)c1ccc2c(c1)N(Cc1ccc(Cl)cc1)C(=O)c1ccccc1S2=O. The van der Waals surface area contributed by atoms with Crippen molar-refractivity contribution in [3.05, 3.63) is 123 Å². The van der Waals surface area contributed by atoms with E-state index in [1.54, 1.807) is 65.6 Å². The van der Waals surface area contributed by atoms with Crippen LogP contribution in [-0.4, -0.2) is 16.0 Å². The predicted octanol–water partition coefficient (Wildman–Crippen LogP) is 6.25. The van der Waals surface area contributed by atoms with Crippen LogP contribution in [0.25, 0.3) is 0 Å².